The van der Waals surface area contributed by atoms with Gasteiger partial charge in [0, 0.05) is 35.4 Å². The van der Waals surface area contributed by atoms with Crippen molar-refractivity contribution in [3.63, 3.8) is 0 Å². The van der Waals surface area contributed by atoms with E-state index in [1.807, 2.05) is 0 Å². The lowest BCUT2D eigenvalue weighted by atomic mass is 10.1. The third-order valence-corrected chi connectivity index (χ3v) is 7.22. The van der Waals surface area contributed by atoms with Crippen LogP contribution in [0, 0.1) is 0 Å². The van der Waals surface area contributed by atoms with Gasteiger partial charge in [-0.25, -0.2) is 8.42 Å². The van der Waals surface area contributed by atoms with E-state index in [1.165, 1.54) is 16.6 Å². The first-order valence-electron chi connectivity index (χ1n) is 9.13. The fraction of sp³-hybridized carbons (Fsp3) is 0.368. The molecule has 1 aromatic heterocycles. The minimum atomic E-state index is -3.68. The van der Waals surface area contributed by atoms with Crippen molar-refractivity contribution < 1.29 is 13.2 Å². The molecule has 1 aliphatic heterocycles. The van der Waals surface area contributed by atoms with Crippen molar-refractivity contribution in [2.24, 2.45) is 0 Å². The van der Waals surface area contributed by atoms with Gasteiger partial charge in [0.15, 0.2) is 0 Å². The highest BCUT2D eigenvalue weighted by Crippen LogP contribution is 2.26. The van der Waals surface area contributed by atoms with Gasteiger partial charge in [-0.05, 0) is 43.5 Å². The van der Waals surface area contributed by atoms with E-state index in [2.05, 4.69) is 5.32 Å². The summed E-state index contributed by atoms with van der Waals surface area (Å²) in [6.45, 7) is 2.37. The lowest BCUT2D eigenvalue weighted by molar-refractivity contribution is -0.122. The van der Waals surface area contributed by atoms with Gasteiger partial charge < -0.3 is 9.88 Å². The van der Waals surface area contributed by atoms with Gasteiger partial charge in [-0.15, -0.1) is 0 Å². The molecule has 0 bridgehead atoms. The van der Waals surface area contributed by atoms with Crippen LogP contribution in [-0.2, 0) is 21.4 Å². The zero-order chi connectivity index (χ0) is 21.2. The molecule has 1 aromatic carbocycles. The predicted octanol–water partition coefficient (Wildman–Crippen LogP) is 2.82. The van der Waals surface area contributed by atoms with Gasteiger partial charge in [-0.1, -0.05) is 29.3 Å². The molecule has 3 rings (SSSR count). The first kappa shape index (κ1) is 21.8. The van der Waals surface area contributed by atoms with E-state index in [-0.39, 0.29) is 11.4 Å². The molecule has 1 aliphatic rings. The summed E-state index contributed by atoms with van der Waals surface area (Å²) < 4.78 is 27.9. The molecule has 7 nitrogen and oxygen atoms in total. The Morgan fingerprint density at radius 3 is 2.52 bits per heavy atom. The number of amides is 1. The Hall–Kier alpha value is -1.87. The average Bonchev–Trinajstić information content (AvgIpc) is 3.18. The number of aromatic nitrogens is 1. The SMILES string of the molecule is C[C@H](NC(=O)Cn1cc(S(=O)(=O)N2CCCC2)ccc1=O)c1ccc(Cl)cc1Cl. The molecule has 10 heteroatoms. The topological polar surface area (TPSA) is 88.5 Å². The third kappa shape index (κ3) is 5.01. The molecule has 0 saturated carbocycles. The number of hydrogen-bond acceptors (Lipinski definition) is 4. The molecule has 0 unspecified atom stereocenters. The van der Waals surface area contributed by atoms with E-state index >= 15 is 0 Å². The largest absolute Gasteiger partial charge is 0.348 e. The van der Waals surface area contributed by atoms with E-state index in [1.54, 1.807) is 25.1 Å². The number of halogens is 2. The monoisotopic (exact) mass is 457 g/mol. The summed E-state index contributed by atoms with van der Waals surface area (Å²) in [6.07, 6.45) is 2.84. The van der Waals surface area contributed by atoms with Crippen molar-refractivity contribution in [2.45, 2.75) is 37.2 Å². The summed E-state index contributed by atoms with van der Waals surface area (Å²) in [5, 5.41) is 3.66. The number of nitrogens with one attached hydrogen (secondary N) is 1. The van der Waals surface area contributed by atoms with E-state index in [0.29, 0.717) is 28.7 Å². The summed E-state index contributed by atoms with van der Waals surface area (Å²) in [6, 6.07) is 6.99. The smallest absolute Gasteiger partial charge is 0.251 e. The highest BCUT2D eigenvalue weighted by molar-refractivity contribution is 7.89. The number of hydrogen-bond donors (Lipinski definition) is 1. The highest BCUT2D eigenvalue weighted by Gasteiger charge is 2.27. The van der Waals surface area contributed by atoms with Crippen molar-refractivity contribution in [1.82, 2.24) is 14.2 Å². The Morgan fingerprint density at radius 2 is 1.86 bits per heavy atom. The van der Waals surface area contributed by atoms with Crippen molar-refractivity contribution in [2.75, 3.05) is 13.1 Å². The van der Waals surface area contributed by atoms with Crippen molar-refractivity contribution in [3.05, 3.63) is 62.5 Å². The standard InChI is InChI=1S/C19H21Cl2N3O4S/c1-13(16-6-4-14(20)10-17(16)21)22-18(25)12-23-11-15(5-7-19(23)26)29(27,28)24-8-2-3-9-24/h4-7,10-11,13H,2-3,8-9,12H2,1H3,(H,22,25)/t13-/m0/s1. The molecule has 156 valence electrons. The Labute approximate surface area is 179 Å². The number of benzene rings is 1. The van der Waals surface area contributed by atoms with Gasteiger partial charge in [0.25, 0.3) is 5.56 Å². The fourth-order valence-electron chi connectivity index (χ4n) is 3.24. The van der Waals surface area contributed by atoms with Gasteiger partial charge in [-0.2, -0.15) is 4.31 Å². The van der Waals surface area contributed by atoms with Gasteiger partial charge in [0.2, 0.25) is 15.9 Å². The maximum Gasteiger partial charge on any atom is 0.251 e. The van der Waals surface area contributed by atoms with E-state index in [4.69, 9.17) is 23.2 Å². The zero-order valence-electron chi connectivity index (χ0n) is 15.8. The van der Waals surface area contributed by atoms with Crippen LogP contribution in [0.15, 0.2) is 46.2 Å². The molecular formula is C19H21Cl2N3O4S. The Bertz CT molecular complexity index is 1080. The number of nitrogens with zero attached hydrogens (tertiary/aromatic N) is 2. The highest BCUT2D eigenvalue weighted by atomic mass is 35.5. The second-order valence-corrected chi connectivity index (χ2v) is 9.68. The van der Waals surface area contributed by atoms with Crippen LogP contribution in [0.25, 0.3) is 0 Å². The summed E-state index contributed by atoms with van der Waals surface area (Å²) in [5.41, 5.74) is 0.222. The van der Waals surface area contributed by atoms with Crippen LogP contribution < -0.4 is 10.9 Å². The van der Waals surface area contributed by atoms with E-state index in [0.717, 1.165) is 23.5 Å². The first-order chi connectivity index (χ1) is 13.7. The van der Waals surface area contributed by atoms with Gasteiger partial charge >= 0.3 is 0 Å². The molecule has 0 radical (unpaired) electrons. The normalized spacial score (nSPS) is 16.0. The second-order valence-electron chi connectivity index (χ2n) is 6.90. The average molecular weight is 458 g/mol. The molecule has 2 heterocycles. The summed E-state index contributed by atoms with van der Waals surface area (Å²) in [7, 11) is -3.68. The third-order valence-electron chi connectivity index (χ3n) is 4.78. The van der Waals surface area contributed by atoms with E-state index in [9.17, 15) is 18.0 Å². The Balaban J connectivity index is 1.75. The van der Waals surface area contributed by atoms with Gasteiger partial charge in [-0.3, -0.25) is 9.59 Å². The molecule has 1 atom stereocenters. The molecule has 0 spiro atoms. The molecule has 1 amide bonds. The van der Waals surface area contributed by atoms with Crippen LogP contribution in [0.2, 0.25) is 10.0 Å². The van der Waals surface area contributed by atoms with Crippen LogP contribution in [0.1, 0.15) is 31.4 Å². The summed E-state index contributed by atoms with van der Waals surface area (Å²) in [4.78, 5) is 24.6. The van der Waals surface area contributed by atoms with Crippen molar-refractivity contribution in [3.8, 4) is 0 Å². The molecule has 1 fully saturated rings. The van der Waals surface area contributed by atoms with Gasteiger partial charge in [0.1, 0.15) is 6.54 Å². The van der Waals surface area contributed by atoms with Crippen LogP contribution in [0.3, 0.4) is 0 Å². The first-order valence-corrected chi connectivity index (χ1v) is 11.3. The quantitative estimate of drug-likeness (QED) is 0.721. The summed E-state index contributed by atoms with van der Waals surface area (Å²) in [5.74, 6) is -0.443. The van der Waals surface area contributed by atoms with Crippen LogP contribution in [0.4, 0.5) is 0 Å². The summed E-state index contributed by atoms with van der Waals surface area (Å²) >= 11 is 12.1. The lowest BCUT2D eigenvalue weighted by Crippen LogP contribution is -2.34. The maximum atomic E-state index is 12.7. The fourth-order valence-corrected chi connectivity index (χ4v) is 5.35. The number of rotatable bonds is 6. The van der Waals surface area contributed by atoms with Crippen LogP contribution in [0.5, 0.6) is 0 Å². The van der Waals surface area contributed by atoms with Crippen LogP contribution >= 0.6 is 23.2 Å². The molecule has 0 aliphatic carbocycles. The minimum absolute atomic E-state index is 0.000550. The van der Waals surface area contributed by atoms with Crippen molar-refractivity contribution >= 4 is 39.1 Å². The number of carbonyl (C=O) groups excluding carboxylic acids is 1. The molecule has 1 saturated heterocycles. The molecular weight excluding hydrogens is 437 g/mol. The number of carbonyl (C=O) groups is 1. The second kappa shape index (κ2) is 8.87. The Morgan fingerprint density at radius 1 is 1.17 bits per heavy atom. The molecule has 29 heavy (non-hydrogen) atoms. The molecule has 2 aromatic rings. The van der Waals surface area contributed by atoms with Crippen molar-refractivity contribution in [1.29, 1.82) is 0 Å². The van der Waals surface area contributed by atoms with E-state index < -0.39 is 27.5 Å². The zero-order valence-corrected chi connectivity index (χ0v) is 18.1. The Kier molecular flexibility index (Phi) is 6.68. The lowest BCUT2D eigenvalue weighted by Gasteiger charge is -2.18. The van der Waals surface area contributed by atoms with Crippen LogP contribution in [-0.4, -0.2) is 36.3 Å². The maximum absolute atomic E-state index is 12.7. The molecule has 1 N–H and O–H groups in total. The number of sulfonamides is 1. The predicted molar refractivity (Wildman–Crippen MR) is 112 cm³/mol. The number of pyridine rings is 1. The minimum Gasteiger partial charge on any atom is -0.348 e. The van der Waals surface area contributed by atoms with Gasteiger partial charge in [0.05, 0.1) is 10.9 Å².